The van der Waals surface area contributed by atoms with E-state index in [0.29, 0.717) is 17.8 Å². The van der Waals surface area contributed by atoms with Crippen molar-refractivity contribution in [1.82, 2.24) is 15.6 Å². The number of nitrogens with one attached hydrogen (secondary N) is 2. The first-order chi connectivity index (χ1) is 16.4. The number of hydrogen-bond acceptors (Lipinski definition) is 8. The Hall–Kier alpha value is -2.07. The van der Waals surface area contributed by atoms with Crippen molar-refractivity contribution >= 4 is 11.7 Å². The number of amides is 1. The molecule has 0 spiro atoms. The average molecular weight is 504 g/mol. The molecule has 0 saturated carbocycles. The van der Waals surface area contributed by atoms with Crippen molar-refractivity contribution < 1.29 is 30.0 Å². The summed E-state index contributed by atoms with van der Waals surface area (Å²) < 4.78 is 0. The van der Waals surface area contributed by atoms with Gasteiger partial charge in [-0.05, 0) is 20.9 Å². The van der Waals surface area contributed by atoms with E-state index in [1.54, 1.807) is 34.0 Å². The molecule has 0 aliphatic rings. The molecule has 9 heteroatoms. The summed E-state index contributed by atoms with van der Waals surface area (Å²) >= 11 is 0. The highest BCUT2D eigenvalue weighted by atomic mass is 16.3. The quantitative estimate of drug-likeness (QED) is 0.300. The Morgan fingerprint density at radius 2 is 1.60 bits per heavy atom. The third-order valence-electron chi connectivity index (χ3n) is 4.13. The summed E-state index contributed by atoms with van der Waals surface area (Å²) in [4.78, 5) is 25.9. The van der Waals surface area contributed by atoms with Gasteiger partial charge in [-0.3, -0.25) is 14.6 Å². The van der Waals surface area contributed by atoms with E-state index >= 15 is 0 Å². The van der Waals surface area contributed by atoms with E-state index < -0.39 is 17.4 Å². The van der Waals surface area contributed by atoms with Gasteiger partial charge >= 0.3 is 0 Å². The van der Waals surface area contributed by atoms with Crippen LogP contribution in [0, 0.1) is 12.3 Å². The number of nitrogens with zero attached hydrogens (tertiary/aromatic N) is 1. The number of pyridine rings is 1. The van der Waals surface area contributed by atoms with Crippen molar-refractivity contribution in [2.45, 2.75) is 101 Å². The normalized spacial score (nSPS) is 10.5. The lowest BCUT2D eigenvalue weighted by molar-refractivity contribution is -0.137. The minimum atomic E-state index is -1.27. The number of carbonyl (C=O) groups excluding carboxylic acids is 2. The van der Waals surface area contributed by atoms with Gasteiger partial charge in [-0.2, -0.15) is 0 Å². The second-order valence-electron chi connectivity index (χ2n) is 7.88. The number of aliphatic hydroxyl groups is 3. The van der Waals surface area contributed by atoms with Crippen LogP contribution < -0.4 is 10.6 Å². The van der Waals surface area contributed by atoms with Crippen molar-refractivity contribution in [2.75, 3.05) is 20.2 Å². The molecule has 1 aromatic rings. The molecule has 0 aliphatic carbocycles. The predicted molar refractivity (Wildman–Crippen MR) is 143 cm³/mol. The Balaban J connectivity index is -0.000000219. The predicted octanol–water partition coefficient (Wildman–Crippen LogP) is 3.24. The zero-order valence-electron chi connectivity index (χ0n) is 23.9. The molecule has 1 atom stereocenters. The molecule has 0 aromatic carbocycles. The zero-order chi connectivity index (χ0) is 28.6. The molecule has 1 heterocycles. The fourth-order valence-electron chi connectivity index (χ4n) is 2.09. The van der Waals surface area contributed by atoms with Crippen LogP contribution in [0.2, 0.25) is 0 Å². The van der Waals surface area contributed by atoms with Gasteiger partial charge < -0.3 is 31.1 Å². The number of rotatable bonds is 9. The number of ketones is 1. The van der Waals surface area contributed by atoms with E-state index in [1.807, 2.05) is 27.7 Å². The summed E-state index contributed by atoms with van der Waals surface area (Å²) in [5.41, 5.74) is 1.10. The maximum absolute atomic E-state index is 11.3. The first-order valence-corrected chi connectivity index (χ1v) is 12.4. The molecule has 0 aliphatic heterocycles. The number of Topliss-reactive ketones (excluding diaryl/α,β-unsaturated/α-hetero) is 1. The SMILES string of the molecule is CC.CC.CC(=O)CCNC(=O)[C@H](O)C(C)(C)CO.CCC.CNCc1c(CO)cnc(C)c1O. The van der Waals surface area contributed by atoms with Crippen molar-refractivity contribution in [1.29, 1.82) is 0 Å². The molecule has 0 fully saturated rings. The van der Waals surface area contributed by atoms with E-state index in [9.17, 15) is 19.8 Å². The highest BCUT2D eigenvalue weighted by Gasteiger charge is 2.32. The largest absolute Gasteiger partial charge is 0.506 e. The van der Waals surface area contributed by atoms with E-state index in [0.717, 1.165) is 5.56 Å². The molecule has 1 aromatic heterocycles. The molecule has 1 rings (SSSR count). The monoisotopic (exact) mass is 503 g/mol. The average Bonchev–Trinajstić information content (AvgIpc) is 2.85. The van der Waals surface area contributed by atoms with Gasteiger partial charge in [0.05, 0.1) is 18.9 Å². The highest BCUT2D eigenvalue weighted by Crippen LogP contribution is 2.23. The van der Waals surface area contributed by atoms with Crippen LogP contribution in [0.4, 0.5) is 0 Å². The maximum atomic E-state index is 11.3. The van der Waals surface area contributed by atoms with Crippen molar-refractivity contribution in [3.63, 3.8) is 0 Å². The topological polar surface area (TPSA) is 152 Å². The minimum Gasteiger partial charge on any atom is -0.506 e. The van der Waals surface area contributed by atoms with E-state index in [1.165, 1.54) is 13.3 Å². The number of hydrogen-bond donors (Lipinski definition) is 6. The Labute approximate surface area is 213 Å². The van der Waals surface area contributed by atoms with Crippen molar-refractivity contribution in [3.8, 4) is 5.75 Å². The molecule has 6 N–H and O–H groups in total. The standard InChI is InChI=1S/C10H19NO4.C9H14N2O2.C3H8.2C2H6/c1-7(13)4-5-11-9(15)8(14)10(2,3)6-12;1-6-9(13)8(4-10-2)7(5-12)3-11-6;1-3-2;2*1-2/h8,12,14H,4-6H2,1-3H3,(H,11,15);3,10,12-13H,4-5H2,1-2H3;3H2,1-2H3;2*1-2H3/t8-;;;;/m0..../s1. The van der Waals surface area contributed by atoms with Crippen molar-refractivity contribution in [3.05, 3.63) is 23.0 Å². The third-order valence-corrected chi connectivity index (χ3v) is 4.13. The van der Waals surface area contributed by atoms with Crippen LogP contribution in [0.25, 0.3) is 0 Å². The van der Waals surface area contributed by atoms with E-state index in [-0.39, 0.29) is 37.7 Å². The molecule has 1 amide bonds. The van der Waals surface area contributed by atoms with Crippen molar-refractivity contribution in [2.24, 2.45) is 5.41 Å². The van der Waals surface area contributed by atoms with Crippen LogP contribution in [0.15, 0.2) is 6.20 Å². The van der Waals surface area contributed by atoms with Crippen LogP contribution in [-0.4, -0.2) is 63.4 Å². The molecule has 208 valence electrons. The second kappa shape index (κ2) is 25.0. The fraction of sp³-hybridized carbons (Fsp3) is 0.731. The Morgan fingerprint density at radius 3 is 1.97 bits per heavy atom. The maximum Gasteiger partial charge on any atom is 0.249 e. The van der Waals surface area contributed by atoms with Gasteiger partial charge in [0.15, 0.2) is 0 Å². The Bertz CT molecular complexity index is 667. The summed E-state index contributed by atoms with van der Waals surface area (Å²) in [7, 11) is 1.79. The molecule has 0 bridgehead atoms. The lowest BCUT2D eigenvalue weighted by atomic mass is 9.87. The summed E-state index contributed by atoms with van der Waals surface area (Å²) in [6.45, 7) is 18.9. The Morgan fingerprint density at radius 1 is 1.11 bits per heavy atom. The van der Waals surface area contributed by atoms with E-state index in [4.69, 9.17) is 10.2 Å². The third kappa shape index (κ3) is 18.9. The van der Waals surface area contributed by atoms with Gasteiger partial charge in [0.1, 0.15) is 17.6 Å². The summed E-state index contributed by atoms with van der Waals surface area (Å²) in [5.74, 6) is -0.414. The van der Waals surface area contributed by atoms with Crippen LogP contribution >= 0.6 is 0 Å². The lowest BCUT2D eigenvalue weighted by Gasteiger charge is -2.27. The fourth-order valence-corrected chi connectivity index (χ4v) is 2.09. The summed E-state index contributed by atoms with van der Waals surface area (Å²) in [6, 6.07) is 0. The van der Waals surface area contributed by atoms with Gasteiger partial charge in [-0.1, -0.05) is 61.8 Å². The molecule has 35 heavy (non-hydrogen) atoms. The van der Waals surface area contributed by atoms with Crippen LogP contribution in [0.3, 0.4) is 0 Å². The number of aromatic hydroxyl groups is 1. The Kier molecular flexibility index (Phi) is 28.7. The smallest absolute Gasteiger partial charge is 0.249 e. The van der Waals surface area contributed by atoms with Gasteiger partial charge in [0.2, 0.25) is 5.91 Å². The van der Waals surface area contributed by atoms with Crippen LogP contribution in [0.1, 0.15) is 92.0 Å². The number of aliphatic hydroxyl groups excluding tert-OH is 3. The van der Waals surface area contributed by atoms with Gasteiger partial charge in [-0.25, -0.2) is 0 Å². The molecule has 0 radical (unpaired) electrons. The summed E-state index contributed by atoms with van der Waals surface area (Å²) in [6.07, 6.45) is 1.81. The van der Waals surface area contributed by atoms with Gasteiger partial charge in [0.25, 0.3) is 0 Å². The van der Waals surface area contributed by atoms with E-state index in [2.05, 4.69) is 29.5 Å². The van der Waals surface area contributed by atoms with Crippen LogP contribution in [0.5, 0.6) is 5.75 Å². The number of carbonyl (C=O) groups is 2. The molecule has 0 unspecified atom stereocenters. The molecule has 9 nitrogen and oxygen atoms in total. The molecule has 0 saturated heterocycles. The zero-order valence-corrected chi connectivity index (χ0v) is 23.9. The highest BCUT2D eigenvalue weighted by molar-refractivity contribution is 5.82. The second-order valence-corrected chi connectivity index (χ2v) is 7.88. The molecular formula is C26H53N3O6. The minimum absolute atomic E-state index is 0.0220. The van der Waals surface area contributed by atoms with Gasteiger partial charge in [0, 0.05) is 42.2 Å². The number of aryl methyl sites for hydroxylation is 1. The van der Waals surface area contributed by atoms with Crippen LogP contribution in [-0.2, 0) is 22.7 Å². The summed E-state index contributed by atoms with van der Waals surface area (Å²) in [5, 5.41) is 42.5. The first kappa shape index (κ1) is 40.1. The lowest BCUT2D eigenvalue weighted by Crippen LogP contribution is -2.45. The number of aromatic nitrogens is 1. The van der Waals surface area contributed by atoms with Gasteiger partial charge in [-0.15, -0.1) is 0 Å². The molecular weight excluding hydrogens is 450 g/mol. The first-order valence-electron chi connectivity index (χ1n) is 12.4.